The lowest BCUT2D eigenvalue weighted by atomic mass is 9.63. The predicted molar refractivity (Wildman–Crippen MR) is 304 cm³/mol. The van der Waals surface area contributed by atoms with E-state index in [9.17, 15) is 0 Å². The average molecular weight is 835 g/mol. The molecule has 12 rings (SSSR count). The van der Waals surface area contributed by atoms with Gasteiger partial charge in [0.25, 0.3) is 0 Å². The number of aromatic nitrogens is 4. The molecule has 0 radical (unpaired) electrons. The van der Waals surface area contributed by atoms with Gasteiger partial charge < -0.3 is 8.98 Å². The fourth-order valence-corrected chi connectivity index (χ4v) is 10.7. The average Bonchev–Trinajstić information content (AvgIpc) is 3.93. The van der Waals surface area contributed by atoms with Crippen molar-refractivity contribution in [2.45, 2.75) is 0 Å². The Morgan fingerprint density at radius 2 is 0.864 bits per heavy atom. The fraction of sp³-hybridized carbons (Fsp3) is 0. The molecule has 13 heteroatoms. The van der Waals surface area contributed by atoms with Crippen LogP contribution in [0.5, 0.6) is 0 Å². The minimum atomic E-state index is 0.588. The molecule has 12 aromatic rings. The SMILES string of the molecule is Bc1c(B)c(B)c2c(c1B)c1c(B)c(B)c(B)c(B)c1n2-c1cc(-c2cc3ccccc3c3ccccc23)c2oc3cc(-c4nc(-c5ccccc5)nc(-c5ccccc5)n4)ccc3c2c1. The highest BCUT2D eigenvalue weighted by Crippen LogP contribution is 2.44. The second-order valence-electron chi connectivity index (χ2n) is 18.2. The van der Waals surface area contributed by atoms with Crippen molar-refractivity contribution in [1.82, 2.24) is 19.5 Å². The second-order valence-corrected chi connectivity index (χ2v) is 18.2. The number of nitrogens with zero attached hydrogens (tertiary/aromatic N) is 4. The van der Waals surface area contributed by atoms with E-state index < -0.39 is 0 Å². The molecular formula is C53H40B8N4O. The predicted octanol–water partition coefficient (Wildman–Crippen LogP) is -0.0903. The van der Waals surface area contributed by atoms with Gasteiger partial charge in [-0.3, -0.25) is 0 Å². The fourth-order valence-electron chi connectivity index (χ4n) is 10.7. The minimum absolute atomic E-state index is 0.588. The Hall–Kier alpha value is -7.37. The van der Waals surface area contributed by atoms with Gasteiger partial charge in [-0.05, 0) is 68.2 Å². The number of hydrogen-bond donors (Lipinski definition) is 0. The van der Waals surface area contributed by atoms with E-state index in [1.807, 2.05) is 60.7 Å². The minimum Gasteiger partial charge on any atom is -0.455 e. The molecule has 0 unspecified atom stereocenters. The number of rotatable bonds is 5. The molecule has 3 heterocycles. The van der Waals surface area contributed by atoms with Crippen LogP contribution < -0.4 is 43.7 Å². The summed E-state index contributed by atoms with van der Waals surface area (Å²) in [5, 5.41) is 9.59. The monoisotopic (exact) mass is 836 g/mol. The maximum absolute atomic E-state index is 7.21. The van der Waals surface area contributed by atoms with Crippen LogP contribution in [0.25, 0.3) is 116 Å². The van der Waals surface area contributed by atoms with Crippen molar-refractivity contribution in [3.05, 3.63) is 146 Å². The lowest BCUT2D eigenvalue weighted by Gasteiger charge is -2.18. The number of hydrogen-bond acceptors (Lipinski definition) is 4. The van der Waals surface area contributed by atoms with Crippen LogP contribution >= 0.6 is 0 Å². The zero-order chi connectivity index (χ0) is 45.1. The summed E-state index contributed by atoms with van der Waals surface area (Å²) in [6.45, 7) is 0. The smallest absolute Gasteiger partial charge is 0.164 e. The van der Waals surface area contributed by atoms with Crippen molar-refractivity contribution in [2.24, 2.45) is 0 Å². The van der Waals surface area contributed by atoms with E-state index in [0.29, 0.717) is 17.5 Å². The molecule has 302 valence electrons. The third-order valence-corrected chi connectivity index (χ3v) is 14.8. The van der Waals surface area contributed by atoms with E-state index in [-0.39, 0.29) is 0 Å². The number of benzene rings is 9. The van der Waals surface area contributed by atoms with Crippen LogP contribution in [-0.2, 0) is 0 Å². The van der Waals surface area contributed by atoms with Crippen LogP contribution in [0.4, 0.5) is 0 Å². The topological polar surface area (TPSA) is 56.7 Å². The maximum Gasteiger partial charge on any atom is 0.164 e. The lowest BCUT2D eigenvalue weighted by Crippen LogP contribution is -2.49. The van der Waals surface area contributed by atoms with E-state index in [2.05, 4.69) is 152 Å². The molecule has 0 saturated heterocycles. The highest BCUT2D eigenvalue weighted by Gasteiger charge is 2.26. The largest absolute Gasteiger partial charge is 0.455 e. The first-order valence-electron chi connectivity index (χ1n) is 22.9. The number of furan rings is 1. The van der Waals surface area contributed by atoms with E-state index in [0.717, 1.165) is 55.4 Å². The first-order chi connectivity index (χ1) is 32.1. The molecule has 0 saturated carbocycles. The standard InChI is InChI=1S/C53H40B8N4O/c54-40-38-39-41(55)43(57)45(59)47(61)49(39)65(48(38)46(60)44(58)42(40)56)29-23-35-33-20-19-28(53-63-51(25-11-3-1-4-12-25)62-52(64-53)26-13-5-2-6-14-26)22-37(33)66-50(35)36(24-29)34-21-27-15-7-8-16-30(27)31-17-9-10-18-32(31)34/h1-24H,54-61H2. The van der Waals surface area contributed by atoms with Crippen molar-refractivity contribution >= 4 is 172 Å². The van der Waals surface area contributed by atoms with Gasteiger partial charge in [0.15, 0.2) is 17.5 Å². The second kappa shape index (κ2) is 15.1. The Morgan fingerprint density at radius 3 is 1.45 bits per heavy atom. The summed E-state index contributed by atoms with van der Waals surface area (Å²) in [6, 6.07) is 51.3. The Kier molecular flexibility index (Phi) is 9.19. The van der Waals surface area contributed by atoms with Gasteiger partial charge in [-0.2, -0.15) is 0 Å². The Bertz CT molecular complexity index is 3910. The molecule has 0 aliphatic carbocycles. The zero-order valence-electron chi connectivity index (χ0n) is 38.6. The van der Waals surface area contributed by atoms with Gasteiger partial charge in [0, 0.05) is 49.7 Å². The normalized spacial score (nSPS) is 11.8. The van der Waals surface area contributed by atoms with Gasteiger partial charge in [-0.1, -0.05) is 148 Å². The highest BCUT2D eigenvalue weighted by molar-refractivity contribution is 6.71. The number of fused-ring (bicyclic) bond motifs is 9. The molecule has 0 aliphatic heterocycles. The molecule has 5 nitrogen and oxygen atoms in total. The van der Waals surface area contributed by atoms with Gasteiger partial charge in [-0.15, -0.1) is 10.9 Å². The van der Waals surface area contributed by atoms with E-state index >= 15 is 0 Å². The van der Waals surface area contributed by atoms with Crippen LogP contribution in [0.15, 0.2) is 150 Å². The van der Waals surface area contributed by atoms with Gasteiger partial charge in [0.05, 0.1) is 0 Å². The summed E-state index contributed by atoms with van der Waals surface area (Å²) >= 11 is 0. The van der Waals surface area contributed by atoms with E-state index in [4.69, 9.17) is 19.4 Å². The summed E-state index contributed by atoms with van der Waals surface area (Å²) in [4.78, 5) is 15.1. The zero-order valence-corrected chi connectivity index (χ0v) is 38.6. The molecule has 0 atom stereocenters. The molecule has 0 amide bonds. The van der Waals surface area contributed by atoms with Crippen molar-refractivity contribution in [1.29, 1.82) is 0 Å². The quantitative estimate of drug-likeness (QED) is 0.180. The van der Waals surface area contributed by atoms with Gasteiger partial charge in [-0.25, -0.2) is 15.0 Å². The molecule has 0 spiro atoms. The van der Waals surface area contributed by atoms with Crippen molar-refractivity contribution in [3.63, 3.8) is 0 Å². The first kappa shape index (κ1) is 40.2. The molecule has 0 fully saturated rings. The van der Waals surface area contributed by atoms with Crippen LogP contribution in [0.1, 0.15) is 0 Å². The van der Waals surface area contributed by atoms with E-state index in [1.165, 1.54) is 87.1 Å². The molecule has 0 aliphatic rings. The van der Waals surface area contributed by atoms with Gasteiger partial charge >= 0.3 is 0 Å². The van der Waals surface area contributed by atoms with Crippen molar-refractivity contribution in [2.75, 3.05) is 0 Å². The summed E-state index contributed by atoms with van der Waals surface area (Å²) in [7, 11) is 18.4. The lowest BCUT2D eigenvalue weighted by molar-refractivity contribution is 0.670. The van der Waals surface area contributed by atoms with Crippen LogP contribution in [0.2, 0.25) is 0 Å². The van der Waals surface area contributed by atoms with Crippen LogP contribution in [0, 0.1) is 0 Å². The Labute approximate surface area is 390 Å². The summed E-state index contributed by atoms with van der Waals surface area (Å²) in [6.07, 6.45) is 0. The van der Waals surface area contributed by atoms with Crippen LogP contribution in [0.3, 0.4) is 0 Å². The molecular weight excluding hydrogens is 795 g/mol. The van der Waals surface area contributed by atoms with Crippen LogP contribution in [-0.4, -0.2) is 82.3 Å². The van der Waals surface area contributed by atoms with Crippen molar-refractivity contribution < 1.29 is 4.42 Å². The summed E-state index contributed by atoms with van der Waals surface area (Å²) in [5.74, 6) is 1.83. The molecule has 66 heavy (non-hydrogen) atoms. The Morgan fingerprint density at radius 1 is 0.364 bits per heavy atom. The summed E-state index contributed by atoms with van der Waals surface area (Å²) < 4.78 is 9.79. The highest BCUT2D eigenvalue weighted by atomic mass is 16.3. The summed E-state index contributed by atoms with van der Waals surface area (Å²) in [5.41, 5.74) is 20.8. The maximum atomic E-state index is 7.21. The van der Waals surface area contributed by atoms with E-state index in [1.54, 1.807) is 0 Å². The Balaban J connectivity index is 1.19. The third-order valence-electron chi connectivity index (χ3n) is 14.8. The molecule has 9 aromatic carbocycles. The van der Waals surface area contributed by atoms with Crippen molar-refractivity contribution in [3.8, 4) is 51.0 Å². The van der Waals surface area contributed by atoms with Gasteiger partial charge in [0.2, 0.25) is 0 Å². The first-order valence-corrected chi connectivity index (χ1v) is 22.9. The molecule has 0 N–H and O–H groups in total. The molecule has 3 aromatic heterocycles. The molecule has 0 bridgehead atoms. The van der Waals surface area contributed by atoms with Gasteiger partial charge in [0.1, 0.15) is 73.9 Å². The third kappa shape index (κ3) is 5.95.